The molecule has 0 amide bonds. The maximum Gasteiger partial charge on any atom is 0.305 e. The van der Waals surface area contributed by atoms with Crippen LogP contribution in [-0.2, 0) is 14.9 Å². The maximum absolute atomic E-state index is 12.2. The van der Waals surface area contributed by atoms with E-state index in [-0.39, 0.29) is 11.4 Å². The zero-order chi connectivity index (χ0) is 24.4. The SMILES string of the molecule is CCCCCCCCCCOC(=O)CCCC(C)(C)c1ccc2cc3ccc(C)cc3cc2c1. The average Bonchev–Trinajstić information content (AvgIpc) is 2.81. The van der Waals surface area contributed by atoms with E-state index >= 15 is 0 Å². The predicted octanol–water partition coefficient (Wildman–Crippen LogP) is 9.43. The number of unbranched alkanes of at least 4 members (excludes halogenated alkanes) is 7. The molecule has 0 radical (unpaired) electrons. The number of esters is 1. The Kier molecular flexibility index (Phi) is 9.99. The molecular formula is C32H44O2. The topological polar surface area (TPSA) is 26.3 Å². The lowest BCUT2D eigenvalue weighted by atomic mass is 9.79. The Labute approximate surface area is 207 Å². The molecule has 0 bridgehead atoms. The van der Waals surface area contributed by atoms with Crippen LogP contribution < -0.4 is 0 Å². The molecule has 0 aliphatic heterocycles. The second-order valence-corrected chi connectivity index (χ2v) is 10.7. The number of carbonyl (C=O) groups excluding carboxylic acids is 1. The van der Waals surface area contributed by atoms with Gasteiger partial charge in [0.15, 0.2) is 0 Å². The summed E-state index contributed by atoms with van der Waals surface area (Å²) in [4.78, 5) is 12.2. The summed E-state index contributed by atoms with van der Waals surface area (Å²) in [5.74, 6) is -0.0425. The molecule has 0 heterocycles. The second kappa shape index (κ2) is 12.9. The van der Waals surface area contributed by atoms with E-state index < -0.39 is 0 Å². The third kappa shape index (κ3) is 7.86. The summed E-state index contributed by atoms with van der Waals surface area (Å²) in [6.07, 6.45) is 12.4. The van der Waals surface area contributed by atoms with Gasteiger partial charge in [-0.15, -0.1) is 0 Å². The first-order valence-electron chi connectivity index (χ1n) is 13.5. The Morgan fingerprint density at radius 2 is 1.35 bits per heavy atom. The number of aryl methyl sites for hydroxylation is 1. The lowest BCUT2D eigenvalue weighted by Crippen LogP contribution is -2.18. The standard InChI is InChI=1S/C32H44O2/c1-5-6-7-8-9-10-11-12-20-34-31(33)14-13-19-32(3,4)30-18-17-27-22-26-16-15-25(2)21-28(26)23-29(27)24-30/h15-18,21-24H,5-14,19-20H2,1-4H3. The van der Waals surface area contributed by atoms with Gasteiger partial charge in [0, 0.05) is 6.42 Å². The molecule has 0 N–H and O–H groups in total. The highest BCUT2D eigenvalue weighted by molar-refractivity contribution is 5.98. The van der Waals surface area contributed by atoms with Gasteiger partial charge in [-0.25, -0.2) is 0 Å². The van der Waals surface area contributed by atoms with E-state index in [9.17, 15) is 4.79 Å². The van der Waals surface area contributed by atoms with E-state index in [0.717, 1.165) is 19.3 Å². The molecule has 0 aromatic heterocycles. The molecule has 3 rings (SSSR count). The van der Waals surface area contributed by atoms with Crippen molar-refractivity contribution in [2.24, 2.45) is 0 Å². The molecule has 34 heavy (non-hydrogen) atoms. The Bertz CT molecular complexity index is 1060. The summed E-state index contributed by atoms with van der Waals surface area (Å²) in [6, 6.07) is 18.0. The van der Waals surface area contributed by atoms with E-state index in [1.54, 1.807) is 0 Å². The average molecular weight is 461 g/mol. The summed E-state index contributed by atoms with van der Waals surface area (Å²) < 4.78 is 5.48. The fraction of sp³-hybridized carbons (Fsp3) is 0.531. The highest BCUT2D eigenvalue weighted by atomic mass is 16.5. The van der Waals surface area contributed by atoms with Gasteiger partial charge in [0.2, 0.25) is 0 Å². The van der Waals surface area contributed by atoms with Crippen LogP contribution in [0.3, 0.4) is 0 Å². The van der Waals surface area contributed by atoms with Crippen molar-refractivity contribution in [2.75, 3.05) is 6.61 Å². The quantitative estimate of drug-likeness (QED) is 0.136. The van der Waals surface area contributed by atoms with Crippen LogP contribution in [0.1, 0.15) is 103 Å². The highest BCUT2D eigenvalue weighted by Crippen LogP contribution is 2.33. The molecule has 0 saturated heterocycles. The molecule has 0 aliphatic rings. The number of rotatable bonds is 14. The van der Waals surface area contributed by atoms with Gasteiger partial charge >= 0.3 is 5.97 Å². The minimum Gasteiger partial charge on any atom is -0.466 e. The molecule has 2 nitrogen and oxygen atoms in total. The lowest BCUT2D eigenvalue weighted by Gasteiger charge is -2.25. The van der Waals surface area contributed by atoms with Crippen molar-refractivity contribution in [3.8, 4) is 0 Å². The van der Waals surface area contributed by atoms with E-state index in [1.165, 1.54) is 77.6 Å². The van der Waals surface area contributed by atoms with Crippen LogP contribution in [0.15, 0.2) is 48.5 Å². The molecular weight excluding hydrogens is 416 g/mol. The van der Waals surface area contributed by atoms with Crippen LogP contribution in [-0.4, -0.2) is 12.6 Å². The molecule has 2 heteroatoms. The second-order valence-electron chi connectivity index (χ2n) is 10.7. The van der Waals surface area contributed by atoms with E-state index in [0.29, 0.717) is 13.0 Å². The minimum atomic E-state index is -0.0425. The van der Waals surface area contributed by atoms with Crippen molar-refractivity contribution >= 4 is 27.5 Å². The van der Waals surface area contributed by atoms with Crippen LogP contribution in [0.25, 0.3) is 21.5 Å². The van der Waals surface area contributed by atoms with E-state index in [1.807, 2.05) is 0 Å². The number of carbonyl (C=O) groups is 1. The molecule has 0 fully saturated rings. The first-order valence-corrected chi connectivity index (χ1v) is 13.5. The molecule has 0 unspecified atom stereocenters. The number of ether oxygens (including phenoxy) is 1. The Morgan fingerprint density at radius 3 is 2.09 bits per heavy atom. The molecule has 184 valence electrons. The Balaban J connectivity index is 1.42. The van der Waals surface area contributed by atoms with Crippen molar-refractivity contribution in [3.63, 3.8) is 0 Å². The fourth-order valence-corrected chi connectivity index (χ4v) is 4.85. The van der Waals surface area contributed by atoms with Gasteiger partial charge in [-0.3, -0.25) is 4.79 Å². The predicted molar refractivity (Wildman–Crippen MR) is 147 cm³/mol. The summed E-state index contributed by atoms with van der Waals surface area (Å²) >= 11 is 0. The maximum atomic E-state index is 12.2. The normalized spacial score (nSPS) is 11.9. The van der Waals surface area contributed by atoms with E-state index in [4.69, 9.17) is 4.74 Å². The van der Waals surface area contributed by atoms with Crippen molar-refractivity contribution < 1.29 is 9.53 Å². The third-order valence-electron chi connectivity index (χ3n) is 7.18. The number of fused-ring (bicyclic) bond motifs is 2. The molecule has 0 aliphatic carbocycles. The van der Waals surface area contributed by atoms with Gasteiger partial charge in [-0.1, -0.05) is 108 Å². The number of hydrogen-bond donors (Lipinski definition) is 0. The largest absolute Gasteiger partial charge is 0.466 e. The van der Waals surface area contributed by atoms with E-state index in [2.05, 4.69) is 76.2 Å². The first-order chi connectivity index (χ1) is 16.4. The van der Waals surface area contributed by atoms with Crippen LogP contribution in [0.4, 0.5) is 0 Å². The molecule has 3 aromatic rings. The molecule has 0 atom stereocenters. The van der Waals surface area contributed by atoms with Crippen molar-refractivity contribution in [3.05, 3.63) is 59.7 Å². The van der Waals surface area contributed by atoms with Gasteiger partial charge in [0.25, 0.3) is 0 Å². The van der Waals surface area contributed by atoms with Gasteiger partial charge in [-0.05, 0) is 70.8 Å². The first kappa shape index (κ1) is 26.3. The van der Waals surface area contributed by atoms with Gasteiger partial charge in [0.05, 0.1) is 6.61 Å². The van der Waals surface area contributed by atoms with Crippen LogP contribution in [0, 0.1) is 6.92 Å². The van der Waals surface area contributed by atoms with Crippen molar-refractivity contribution in [1.29, 1.82) is 0 Å². The van der Waals surface area contributed by atoms with Gasteiger partial charge < -0.3 is 4.74 Å². The van der Waals surface area contributed by atoms with Gasteiger partial charge in [0.1, 0.15) is 0 Å². The molecule has 0 spiro atoms. The summed E-state index contributed by atoms with van der Waals surface area (Å²) in [5, 5.41) is 5.14. The third-order valence-corrected chi connectivity index (χ3v) is 7.18. The number of hydrogen-bond acceptors (Lipinski definition) is 2. The van der Waals surface area contributed by atoms with Gasteiger partial charge in [-0.2, -0.15) is 0 Å². The van der Waals surface area contributed by atoms with Crippen LogP contribution in [0.2, 0.25) is 0 Å². The number of benzene rings is 3. The van der Waals surface area contributed by atoms with Crippen molar-refractivity contribution in [2.45, 2.75) is 104 Å². The highest BCUT2D eigenvalue weighted by Gasteiger charge is 2.21. The molecule has 3 aromatic carbocycles. The van der Waals surface area contributed by atoms with Crippen molar-refractivity contribution in [1.82, 2.24) is 0 Å². The summed E-state index contributed by atoms with van der Waals surface area (Å²) in [6.45, 7) is 9.54. The Morgan fingerprint density at radius 1 is 0.735 bits per heavy atom. The zero-order valence-corrected chi connectivity index (χ0v) is 21.9. The summed E-state index contributed by atoms with van der Waals surface area (Å²) in [5.41, 5.74) is 2.64. The molecule has 0 saturated carbocycles. The smallest absolute Gasteiger partial charge is 0.305 e. The Hall–Kier alpha value is -2.35. The summed E-state index contributed by atoms with van der Waals surface area (Å²) in [7, 11) is 0. The monoisotopic (exact) mass is 460 g/mol. The minimum absolute atomic E-state index is 0.0216. The fourth-order valence-electron chi connectivity index (χ4n) is 4.85. The van der Waals surface area contributed by atoms with Crippen LogP contribution in [0.5, 0.6) is 0 Å². The van der Waals surface area contributed by atoms with Crippen LogP contribution >= 0.6 is 0 Å². The lowest BCUT2D eigenvalue weighted by molar-refractivity contribution is -0.143. The zero-order valence-electron chi connectivity index (χ0n) is 21.9.